The highest BCUT2D eigenvalue weighted by molar-refractivity contribution is 5.88. The summed E-state index contributed by atoms with van der Waals surface area (Å²) in [6.07, 6.45) is 0.956. The van der Waals surface area contributed by atoms with Gasteiger partial charge < -0.3 is 24.8 Å². The lowest BCUT2D eigenvalue weighted by molar-refractivity contribution is -0.150. The van der Waals surface area contributed by atoms with Crippen molar-refractivity contribution >= 4 is 17.8 Å². The summed E-state index contributed by atoms with van der Waals surface area (Å²) >= 11 is 0. The highest BCUT2D eigenvalue weighted by Gasteiger charge is 2.37. The van der Waals surface area contributed by atoms with Gasteiger partial charge >= 0.3 is 5.97 Å². The zero-order valence-electron chi connectivity index (χ0n) is 15.6. The molecule has 8 heteroatoms. The maximum atomic E-state index is 12.4. The quantitative estimate of drug-likeness (QED) is 0.697. The van der Waals surface area contributed by atoms with Gasteiger partial charge in [0.15, 0.2) is 12.1 Å². The lowest BCUT2D eigenvalue weighted by atomic mass is 9.94. The molecule has 1 atom stereocenters. The third-order valence-electron chi connectivity index (χ3n) is 4.63. The molecule has 148 valence electrons. The fourth-order valence-corrected chi connectivity index (χ4v) is 2.96. The van der Waals surface area contributed by atoms with Gasteiger partial charge in [-0.05, 0) is 31.9 Å². The molecule has 0 spiro atoms. The minimum atomic E-state index is -1.47. The Morgan fingerprint density at radius 1 is 1.22 bits per heavy atom. The Bertz CT molecular complexity index is 657. The normalized spacial score (nSPS) is 17.0. The van der Waals surface area contributed by atoms with Crippen molar-refractivity contribution in [2.75, 3.05) is 33.4 Å². The molecule has 8 nitrogen and oxygen atoms in total. The number of hydrogen-bond acceptors (Lipinski definition) is 5. The molecule has 27 heavy (non-hydrogen) atoms. The van der Waals surface area contributed by atoms with Gasteiger partial charge in [0.25, 0.3) is 5.91 Å². The Morgan fingerprint density at radius 3 is 2.41 bits per heavy atom. The number of rotatable bonds is 8. The molecule has 2 amide bonds. The maximum Gasteiger partial charge on any atom is 0.331 e. The molecule has 0 bridgehead atoms. The Labute approximate surface area is 158 Å². The van der Waals surface area contributed by atoms with Crippen LogP contribution in [0.3, 0.4) is 0 Å². The van der Waals surface area contributed by atoms with Crippen LogP contribution in [-0.4, -0.2) is 66.7 Å². The monoisotopic (exact) mass is 378 g/mol. The summed E-state index contributed by atoms with van der Waals surface area (Å²) in [7, 11) is 1.38. The number of methoxy groups -OCH3 is 1. The molecule has 0 aliphatic carbocycles. The van der Waals surface area contributed by atoms with Crippen molar-refractivity contribution in [1.82, 2.24) is 10.2 Å². The summed E-state index contributed by atoms with van der Waals surface area (Å²) in [4.78, 5) is 37.7. The van der Waals surface area contributed by atoms with E-state index >= 15 is 0 Å². The number of nitrogens with zero attached hydrogens (tertiary/aromatic N) is 1. The van der Waals surface area contributed by atoms with Crippen molar-refractivity contribution in [2.24, 2.45) is 5.92 Å². The van der Waals surface area contributed by atoms with Crippen LogP contribution < -0.4 is 10.1 Å². The van der Waals surface area contributed by atoms with Crippen molar-refractivity contribution in [3.63, 3.8) is 0 Å². The van der Waals surface area contributed by atoms with Crippen LogP contribution in [0.1, 0.15) is 19.8 Å². The maximum absolute atomic E-state index is 12.4. The molecule has 1 aromatic rings. The summed E-state index contributed by atoms with van der Waals surface area (Å²) < 4.78 is 10.4. The SMILES string of the molecule is COCC(C)(NC(=O)C1CCN(C(=O)COc2ccccc2)CC1)C(=O)O. The standard InChI is InChI=1S/C19H26N2O6/c1-19(13-26-2,18(24)25)20-17(23)14-8-10-21(11-9-14)16(22)12-27-15-6-4-3-5-7-15/h3-7,14H,8-13H2,1-2H3,(H,20,23)(H,24,25). The summed E-state index contributed by atoms with van der Waals surface area (Å²) in [6, 6.07) is 9.09. The predicted molar refractivity (Wildman–Crippen MR) is 97.3 cm³/mol. The van der Waals surface area contributed by atoms with E-state index in [-0.39, 0.29) is 30.9 Å². The largest absolute Gasteiger partial charge is 0.484 e. The predicted octanol–water partition coefficient (Wildman–Crippen LogP) is 0.910. The summed E-state index contributed by atoms with van der Waals surface area (Å²) in [6.45, 7) is 2.11. The van der Waals surface area contributed by atoms with Crippen molar-refractivity contribution in [1.29, 1.82) is 0 Å². The molecule has 1 aromatic carbocycles. The van der Waals surface area contributed by atoms with Crippen molar-refractivity contribution in [2.45, 2.75) is 25.3 Å². The Morgan fingerprint density at radius 2 is 1.85 bits per heavy atom. The molecule has 1 fully saturated rings. The van der Waals surface area contributed by atoms with E-state index in [1.54, 1.807) is 17.0 Å². The van der Waals surface area contributed by atoms with E-state index < -0.39 is 11.5 Å². The molecule has 1 aliphatic rings. The van der Waals surface area contributed by atoms with Gasteiger partial charge in [-0.15, -0.1) is 0 Å². The van der Waals surface area contributed by atoms with Gasteiger partial charge in [0.05, 0.1) is 6.61 Å². The number of benzene rings is 1. The molecule has 0 radical (unpaired) electrons. The minimum Gasteiger partial charge on any atom is -0.484 e. The lowest BCUT2D eigenvalue weighted by Crippen LogP contribution is -2.57. The number of piperidine rings is 1. The number of carboxylic acids is 1. The number of carbonyl (C=O) groups excluding carboxylic acids is 2. The average molecular weight is 378 g/mol. The van der Waals surface area contributed by atoms with Gasteiger partial charge in [-0.25, -0.2) is 4.79 Å². The number of hydrogen-bond donors (Lipinski definition) is 2. The number of carboxylic acid groups (broad SMARTS) is 1. The molecular formula is C19H26N2O6. The van der Waals surface area contributed by atoms with Gasteiger partial charge in [-0.1, -0.05) is 18.2 Å². The molecule has 2 N–H and O–H groups in total. The van der Waals surface area contributed by atoms with Crippen molar-refractivity contribution < 1.29 is 29.0 Å². The summed E-state index contributed by atoms with van der Waals surface area (Å²) in [5.74, 6) is -1.31. The third-order valence-corrected chi connectivity index (χ3v) is 4.63. The van der Waals surface area contributed by atoms with Gasteiger partial charge in [0.1, 0.15) is 5.75 Å². The molecule has 1 aliphatic heterocycles. The van der Waals surface area contributed by atoms with E-state index in [4.69, 9.17) is 9.47 Å². The number of carbonyl (C=O) groups is 3. The van der Waals surface area contributed by atoms with Crippen LogP contribution in [0, 0.1) is 5.92 Å². The topological polar surface area (TPSA) is 105 Å². The van der Waals surface area contributed by atoms with Gasteiger partial charge in [0, 0.05) is 26.1 Å². The number of amides is 2. The molecular weight excluding hydrogens is 352 g/mol. The van der Waals surface area contributed by atoms with E-state index in [0.717, 1.165) is 0 Å². The second-order valence-electron chi connectivity index (χ2n) is 6.82. The summed E-state index contributed by atoms with van der Waals surface area (Å²) in [5, 5.41) is 11.9. The van der Waals surface area contributed by atoms with Crippen LogP contribution in [0.15, 0.2) is 30.3 Å². The van der Waals surface area contributed by atoms with Gasteiger partial charge in [-0.3, -0.25) is 9.59 Å². The first-order valence-corrected chi connectivity index (χ1v) is 8.85. The number of ether oxygens (including phenoxy) is 2. The fraction of sp³-hybridized carbons (Fsp3) is 0.526. The van der Waals surface area contributed by atoms with E-state index in [9.17, 15) is 19.5 Å². The number of likely N-dealkylation sites (tertiary alicyclic amines) is 1. The van der Waals surface area contributed by atoms with Crippen LogP contribution in [0.5, 0.6) is 5.75 Å². The van der Waals surface area contributed by atoms with Crippen LogP contribution in [0.2, 0.25) is 0 Å². The van der Waals surface area contributed by atoms with Crippen LogP contribution >= 0.6 is 0 Å². The fourth-order valence-electron chi connectivity index (χ4n) is 2.96. The highest BCUT2D eigenvalue weighted by atomic mass is 16.5. The number of para-hydroxylation sites is 1. The first-order valence-electron chi connectivity index (χ1n) is 8.85. The second kappa shape index (κ2) is 9.36. The van der Waals surface area contributed by atoms with E-state index in [1.807, 2.05) is 18.2 Å². The molecule has 1 heterocycles. The minimum absolute atomic E-state index is 0.0498. The first-order chi connectivity index (χ1) is 12.9. The van der Waals surface area contributed by atoms with Gasteiger partial charge in [0.2, 0.25) is 5.91 Å². The van der Waals surface area contributed by atoms with Crippen molar-refractivity contribution in [3.8, 4) is 5.75 Å². The molecule has 1 unspecified atom stereocenters. The van der Waals surface area contributed by atoms with Crippen LogP contribution in [0.25, 0.3) is 0 Å². The molecule has 0 aromatic heterocycles. The van der Waals surface area contributed by atoms with Crippen LogP contribution in [-0.2, 0) is 19.1 Å². The zero-order valence-corrected chi connectivity index (χ0v) is 15.6. The molecule has 0 saturated carbocycles. The number of nitrogens with one attached hydrogen (secondary N) is 1. The van der Waals surface area contributed by atoms with Crippen LogP contribution in [0.4, 0.5) is 0 Å². The third kappa shape index (κ3) is 5.68. The highest BCUT2D eigenvalue weighted by Crippen LogP contribution is 2.19. The van der Waals surface area contributed by atoms with Crippen molar-refractivity contribution in [3.05, 3.63) is 30.3 Å². The lowest BCUT2D eigenvalue weighted by Gasteiger charge is -2.33. The molecule has 2 rings (SSSR count). The average Bonchev–Trinajstić information content (AvgIpc) is 2.67. The first kappa shape index (κ1) is 20.7. The summed E-state index contributed by atoms with van der Waals surface area (Å²) in [5.41, 5.74) is -1.47. The zero-order chi connectivity index (χ0) is 19.9. The van der Waals surface area contributed by atoms with Gasteiger partial charge in [-0.2, -0.15) is 0 Å². The Balaban J connectivity index is 1.81. The van der Waals surface area contributed by atoms with E-state index in [0.29, 0.717) is 31.7 Å². The number of aliphatic carboxylic acids is 1. The van der Waals surface area contributed by atoms with E-state index in [1.165, 1.54) is 14.0 Å². The Kier molecular flexibility index (Phi) is 7.18. The second-order valence-corrected chi connectivity index (χ2v) is 6.82. The smallest absolute Gasteiger partial charge is 0.331 e. The molecule has 1 saturated heterocycles. The van der Waals surface area contributed by atoms with E-state index in [2.05, 4.69) is 5.32 Å². The Hall–Kier alpha value is -2.61.